The van der Waals surface area contributed by atoms with E-state index in [1.807, 2.05) is 54.6 Å². The number of hydrogen-bond donors (Lipinski definition) is 0. The maximum atomic E-state index is 13.3. The maximum Gasteiger partial charge on any atom is 0.338 e. The van der Waals surface area contributed by atoms with Crippen LogP contribution in [-0.4, -0.2) is 25.9 Å². The summed E-state index contributed by atoms with van der Waals surface area (Å²) >= 11 is 0. The van der Waals surface area contributed by atoms with Gasteiger partial charge in [-0.3, -0.25) is 4.31 Å². The van der Waals surface area contributed by atoms with Crippen molar-refractivity contribution in [3.63, 3.8) is 0 Å². The van der Waals surface area contributed by atoms with E-state index in [0.717, 1.165) is 24.0 Å². The molecule has 1 aromatic heterocycles. The highest BCUT2D eigenvalue weighted by Crippen LogP contribution is 2.32. The van der Waals surface area contributed by atoms with E-state index >= 15 is 0 Å². The van der Waals surface area contributed by atoms with E-state index in [1.165, 1.54) is 28.6 Å². The average Bonchev–Trinajstić information content (AvgIpc) is 3.27. The SMILES string of the molecule is Cc1oc(-c2ccccc2)nc1COC(=O)c1ccc(S(=O)(=O)N2CCCc3ccccc32)cc1. The molecule has 1 aliphatic rings. The van der Waals surface area contributed by atoms with Gasteiger partial charge in [-0.25, -0.2) is 18.2 Å². The molecule has 0 radical (unpaired) electrons. The zero-order valence-electron chi connectivity index (χ0n) is 19.2. The first kappa shape index (κ1) is 22.9. The molecule has 0 bridgehead atoms. The van der Waals surface area contributed by atoms with Crippen LogP contribution in [-0.2, 0) is 27.8 Å². The van der Waals surface area contributed by atoms with E-state index in [2.05, 4.69) is 4.98 Å². The average molecular weight is 489 g/mol. The van der Waals surface area contributed by atoms with Crippen molar-refractivity contribution in [1.82, 2.24) is 4.98 Å². The van der Waals surface area contributed by atoms with E-state index in [4.69, 9.17) is 9.15 Å². The van der Waals surface area contributed by atoms with E-state index < -0.39 is 16.0 Å². The lowest BCUT2D eigenvalue weighted by molar-refractivity contribution is 0.0467. The number of rotatable bonds is 6. The van der Waals surface area contributed by atoms with Crippen LogP contribution in [0.25, 0.3) is 11.5 Å². The lowest BCUT2D eigenvalue weighted by Crippen LogP contribution is -2.35. The molecular weight excluding hydrogens is 464 g/mol. The summed E-state index contributed by atoms with van der Waals surface area (Å²) < 4.78 is 39.1. The van der Waals surface area contributed by atoms with Gasteiger partial charge in [-0.1, -0.05) is 36.4 Å². The number of ether oxygens (including phenoxy) is 1. The van der Waals surface area contributed by atoms with Gasteiger partial charge < -0.3 is 9.15 Å². The van der Waals surface area contributed by atoms with Crippen LogP contribution in [0.15, 0.2) is 88.2 Å². The molecule has 178 valence electrons. The number of nitrogens with zero attached hydrogens (tertiary/aromatic N) is 2. The van der Waals surface area contributed by atoms with Crippen molar-refractivity contribution >= 4 is 21.7 Å². The highest BCUT2D eigenvalue weighted by atomic mass is 32.2. The Labute approximate surface area is 204 Å². The minimum absolute atomic E-state index is 0.0500. The molecule has 0 spiro atoms. The maximum absolute atomic E-state index is 13.3. The smallest absolute Gasteiger partial charge is 0.338 e. The van der Waals surface area contributed by atoms with Gasteiger partial charge in [0.05, 0.1) is 16.1 Å². The third-order valence-electron chi connectivity index (χ3n) is 6.00. The number of anilines is 1. The molecule has 3 aromatic carbocycles. The Hall–Kier alpha value is -3.91. The van der Waals surface area contributed by atoms with Crippen LogP contribution in [0.4, 0.5) is 5.69 Å². The van der Waals surface area contributed by atoms with E-state index in [-0.39, 0.29) is 17.1 Å². The van der Waals surface area contributed by atoms with Crippen LogP contribution in [0.1, 0.15) is 33.8 Å². The summed E-state index contributed by atoms with van der Waals surface area (Å²) in [6.45, 7) is 2.14. The summed E-state index contributed by atoms with van der Waals surface area (Å²) in [5.74, 6) is 0.462. The number of carbonyl (C=O) groups excluding carboxylic acids is 1. The molecule has 0 amide bonds. The molecular formula is C27H24N2O5S. The van der Waals surface area contributed by atoms with Gasteiger partial charge >= 0.3 is 5.97 Å². The Morgan fingerprint density at radius 3 is 2.49 bits per heavy atom. The number of aryl methyl sites for hydroxylation is 2. The number of benzene rings is 3. The molecule has 0 unspecified atom stereocenters. The zero-order chi connectivity index (χ0) is 24.4. The molecule has 0 N–H and O–H groups in total. The molecule has 0 atom stereocenters. The first-order valence-electron chi connectivity index (χ1n) is 11.3. The minimum Gasteiger partial charge on any atom is -0.455 e. The molecule has 0 saturated carbocycles. The molecule has 0 aliphatic carbocycles. The molecule has 5 rings (SSSR count). The van der Waals surface area contributed by atoms with Crippen LogP contribution >= 0.6 is 0 Å². The number of hydrogen-bond acceptors (Lipinski definition) is 6. The standard InChI is InChI=1S/C27H24N2O5S/c1-19-24(28-26(34-19)21-9-3-2-4-10-21)18-33-27(30)22-13-15-23(16-14-22)35(31,32)29-17-7-11-20-8-5-6-12-25(20)29/h2-6,8-10,12-16H,7,11,17-18H2,1H3. The first-order chi connectivity index (χ1) is 16.9. The topological polar surface area (TPSA) is 89.7 Å². The fourth-order valence-electron chi connectivity index (χ4n) is 4.12. The predicted molar refractivity (Wildman–Crippen MR) is 132 cm³/mol. The minimum atomic E-state index is -3.74. The number of sulfonamides is 1. The molecule has 0 saturated heterocycles. The largest absolute Gasteiger partial charge is 0.455 e. The normalized spacial score (nSPS) is 13.3. The Bertz CT molecular complexity index is 1460. The second kappa shape index (κ2) is 9.38. The molecule has 8 heteroatoms. The fourth-order valence-corrected chi connectivity index (χ4v) is 5.66. The number of aromatic nitrogens is 1. The van der Waals surface area contributed by atoms with Gasteiger partial charge in [0.1, 0.15) is 18.1 Å². The van der Waals surface area contributed by atoms with E-state index in [0.29, 0.717) is 29.6 Å². The molecule has 0 fully saturated rings. The van der Waals surface area contributed by atoms with Gasteiger partial charge in [-0.2, -0.15) is 0 Å². The Balaban J connectivity index is 1.28. The summed E-state index contributed by atoms with van der Waals surface area (Å²) in [7, 11) is -3.74. The van der Waals surface area contributed by atoms with Crippen molar-refractivity contribution in [3.8, 4) is 11.5 Å². The lowest BCUT2D eigenvalue weighted by atomic mass is 10.0. The number of fused-ring (bicyclic) bond motifs is 1. The van der Waals surface area contributed by atoms with Crippen molar-refractivity contribution < 1.29 is 22.4 Å². The number of oxazole rings is 1. The van der Waals surface area contributed by atoms with Crippen molar-refractivity contribution in [1.29, 1.82) is 0 Å². The van der Waals surface area contributed by atoms with Crippen molar-refractivity contribution in [2.45, 2.75) is 31.3 Å². The van der Waals surface area contributed by atoms with Crippen LogP contribution < -0.4 is 4.31 Å². The number of carbonyl (C=O) groups is 1. The summed E-state index contributed by atoms with van der Waals surface area (Å²) in [6, 6.07) is 22.8. The van der Waals surface area contributed by atoms with Gasteiger partial charge in [0.15, 0.2) is 0 Å². The van der Waals surface area contributed by atoms with Gasteiger partial charge in [-0.05, 0) is 67.8 Å². The zero-order valence-corrected chi connectivity index (χ0v) is 20.0. The third-order valence-corrected chi connectivity index (χ3v) is 7.83. The Morgan fingerprint density at radius 1 is 1.00 bits per heavy atom. The number of esters is 1. The quantitative estimate of drug-likeness (QED) is 0.349. The molecule has 7 nitrogen and oxygen atoms in total. The highest BCUT2D eigenvalue weighted by molar-refractivity contribution is 7.92. The van der Waals surface area contributed by atoms with Gasteiger partial charge in [-0.15, -0.1) is 0 Å². The van der Waals surface area contributed by atoms with Crippen molar-refractivity contribution in [2.24, 2.45) is 0 Å². The molecule has 35 heavy (non-hydrogen) atoms. The summed E-state index contributed by atoms with van der Waals surface area (Å²) in [6.07, 6.45) is 1.61. The third kappa shape index (κ3) is 4.57. The summed E-state index contributed by atoms with van der Waals surface area (Å²) in [5, 5.41) is 0. The monoisotopic (exact) mass is 488 g/mol. The molecule has 4 aromatic rings. The molecule has 1 aliphatic heterocycles. The second-order valence-electron chi connectivity index (χ2n) is 8.30. The summed E-state index contributed by atoms with van der Waals surface area (Å²) in [5.41, 5.74) is 3.34. The van der Waals surface area contributed by atoms with Gasteiger partial charge in [0.2, 0.25) is 5.89 Å². The lowest BCUT2D eigenvalue weighted by Gasteiger charge is -2.30. The van der Waals surface area contributed by atoms with Crippen molar-refractivity contribution in [3.05, 3.63) is 101 Å². The van der Waals surface area contributed by atoms with E-state index in [1.54, 1.807) is 6.92 Å². The van der Waals surface area contributed by atoms with Crippen LogP contribution in [0.5, 0.6) is 0 Å². The predicted octanol–water partition coefficient (Wildman–Crippen LogP) is 5.15. The second-order valence-corrected chi connectivity index (χ2v) is 10.2. The first-order valence-corrected chi connectivity index (χ1v) is 12.8. The summed E-state index contributed by atoms with van der Waals surface area (Å²) in [4.78, 5) is 17.2. The Kier molecular flexibility index (Phi) is 6.13. The van der Waals surface area contributed by atoms with Crippen molar-refractivity contribution in [2.75, 3.05) is 10.8 Å². The molecule has 2 heterocycles. The van der Waals surface area contributed by atoms with Gasteiger partial charge in [0, 0.05) is 12.1 Å². The number of para-hydroxylation sites is 1. The fraction of sp³-hybridized carbons (Fsp3) is 0.185. The van der Waals surface area contributed by atoms with E-state index in [9.17, 15) is 13.2 Å². The highest BCUT2D eigenvalue weighted by Gasteiger charge is 2.29. The van der Waals surface area contributed by atoms with Crippen LogP contribution in [0, 0.1) is 6.92 Å². The van der Waals surface area contributed by atoms with Crippen LogP contribution in [0.2, 0.25) is 0 Å². The van der Waals surface area contributed by atoms with Gasteiger partial charge in [0.25, 0.3) is 10.0 Å². The Morgan fingerprint density at radius 2 is 1.71 bits per heavy atom. The van der Waals surface area contributed by atoms with Crippen LogP contribution in [0.3, 0.4) is 0 Å².